The highest BCUT2D eigenvalue weighted by atomic mass is 35.5. The molecule has 1 atom stereocenters. The Bertz CT molecular complexity index is 371. The van der Waals surface area contributed by atoms with Crippen molar-refractivity contribution in [2.24, 2.45) is 0 Å². The van der Waals surface area contributed by atoms with Crippen LogP contribution in [0.25, 0.3) is 0 Å². The second-order valence-electron chi connectivity index (χ2n) is 4.35. The summed E-state index contributed by atoms with van der Waals surface area (Å²) in [7, 11) is 1.69. The molecule has 3 nitrogen and oxygen atoms in total. The molecule has 102 valence electrons. The number of rotatable bonds is 7. The van der Waals surface area contributed by atoms with E-state index in [1.807, 2.05) is 18.2 Å². The molecule has 0 aromatic heterocycles. The van der Waals surface area contributed by atoms with E-state index in [1.54, 1.807) is 7.11 Å². The molecule has 0 amide bonds. The molecule has 0 radical (unpaired) electrons. The number of benzene rings is 1. The summed E-state index contributed by atoms with van der Waals surface area (Å²) in [6.45, 7) is 5.69. The highest BCUT2D eigenvalue weighted by Gasteiger charge is 2.18. The number of nitrogens with zero attached hydrogens (tertiary/aromatic N) is 1. The van der Waals surface area contributed by atoms with Crippen molar-refractivity contribution in [1.82, 2.24) is 0 Å². The average Bonchev–Trinajstić information content (AvgIpc) is 2.39. The van der Waals surface area contributed by atoms with E-state index in [2.05, 4.69) is 18.7 Å². The fourth-order valence-corrected chi connectivity index (χ4v) is 2.27. The Morgan fingerprint density at radius 1 is 1.44 bits per heavy atom. The highest BCUT2D eigenvalue weighted by Crippen LogP contribution is 2.31. The van der Waals surface area contributed by atoms with Gasteiger partial charge in [-0.3, -0.25) is 0 Å². The van der Waals surface area contributed by atoms with Gasteiger partial charge in [-0.2, -0.15) is 0 Å². The Labute approximate surface area is 114 Å². The van der Waals surface area contributed by atoms with Crippen LogP contribution in [0, 0.1) is 0 Å². The van der Waals surface area contributed by atoms with Gasteiger partial charge in [0.2, 0.25) is 0 Å². The van der Waals surface area contributed by atoms with E-state index in [0.29, 0.717) is 17.7 Å². The molecule has 0 spiro atoms. The zero-order valence-electron chi connectivity index (χ0n) is 11.3. The van der Waals surface area contributed by atoms with Gasteiger partial charge in [-0.15, -0.1) is 0 Å². The smallest absolute Gasteiger partial charge is 0.0702 e. The van der Waals surface area contributed by atoms with Gasteiger partial charge in [-0.25, -0.2) is 0 Å². The van der Waals surface area contributed by atoms with Crippen molar-refractivity contribution in [3.05, 3.63) is 28.8 Å². The van der Waals surface area contributed by atoms with Crippen LogP contribution in [-0.4, -0.2) is 31.4 Å². The third-order valence-corrected chi connectivity index (χ3v) is 3.49. The van der Waals surface area contributed by atoms with Gasteiger partial charge >= 0.3 is 0 Å². The Balaban J connectivity index is 3.10. The van der Waals surface area contributed by atoms with Crippen molar-refractivity contribution in [3.63, 3.8) is 0 Å². The van der Waals surface area contributed by atoms with Crippen LogP contribution >= 0.6 is 11.6 Å². The topological polar surface area (TPSA) is 32.7 Å². The van der Waals surface area contributed by atoms with Gasteiger partial charge in [0.1, 0.15) is 0 Å². The lowest BCUT2D eigenvalue weighted by Crippen LogP contribution is -2.36. The number of methoxy groups -OCH3 is 1. The molecule has 18 heavy (non-hydrogen) atoms. The van der Waals surface area contributed by atoms with E-state index in [0.717, 1.165) is 24.2 Å². The summed E-state index contributed by atoms with van der Waals surface area (Å²) < 4.78 is 5.15. The summed E-state index contributed by atoms with van der Waals surface area (Å²) in [5.41, 5.74) is 1.78. The number of ether oxygens (including phenoxy) is 1. The molecule has 1 unspecified atom stereocenters. The molecular formula is C14H22ClNO2. The van der Waals surface area contributed by atoms with Crippen molar-refractivity contribution in [1.29, 1.82) is 0 Å². The Morgan fingerprint density at radius 2 is 2.17 bits per heavy atom. The van der Waals surface area contributed by atoms with Crippen LogP contribution in [0.1, 0.15) is 25.8 Å². The number of hydrogen-bond acceptors (Lipinski definition) is 3. The number of anilines is 1. The summed E-state index contributed by atoms with van der Waals surface area (Å²) in [5.74, 6) is 0. The van der Waals surface area contributed by atoms with Gasteiger partial charge in [0.05, 0.1) is 23.9 Å². The zero-order chi connectivity index (χ0) is 13.5. The first-order chi connectivity index (χ1) is 8.65. The molecule has 0 aliphatic heterocycles. The Kier molecular flexibility index (Phi) is 6.47. The molecule has 0 bridgehead atoms. The van der Waals surface area contributed by atoms with Crippen LogP contribution < -0.4 is 4.90 Å². The molecule has 0 saturated carbocycles. The normalized spacial score (nSPS) is 12.5. The predicted molar refractivity (Wildman–Crippen MR) is 76.3 cm³/mol. The summed E-state index contributed by atoms with van der Waals surface area (Å²) in [4.78, 5) is 2.21. The maximum Gasteiger partial charge on any atom is 0.0702 e. The minimum atomic E-state index is -0.00416. The number of hydrogen-bond donors (Lipinski definition) is 1. The lowest BCUT2D eigenvalue weighted by molar-refractivity contribution is 0.203. The molecule has 0 heterocycles. The van der Waals surface area contributed by atoms with E-state index < -0.39 is 0 Å². The summed E-state index contributed by atoms with van der Waals surface area (Å²) >= 11 is 6.29. The van der Waals surface area contributed by atoms with Gasteiger partial charge in [0, 0.05) is 25.3 Å². The molecule has 1 aromatic carbocycles. The predicted octanol–water partition coefficient (Wildman–Crippen LogP) is 3.08. The third-order valence-electron chi connectivity index (χ3n) is 3.19. The van der Waals surface area contributed by atoms with Gasteiger partial charge < -0.3 is 14.7 Å². The molecule has 0 saturated heterocycles. The highest BCUT2D eigenvalue weighted by molar-refractivity contribution is 6.33. The maximum absolute atomic E-state index is 9.46. The van der Waals surface area contributed by atoms with E-state index in [4.69, 9.17) is 16.3 Å². The molecule has 1 aromatic rings. The summed E-state index contributed by atoms with van der Waals surface area (Å²) in [6, 6.07) is 5.98. The molecule has 0 aliphatic carbocycles. The Hall–Kier alpha value is -0.770. The van der Waals surface area contributed by atoms with Crippen molar-refractivity contribution in [2.75, 3.05) is 25.2 Å². The van der Waals surface area contributed by atoms with Crippen molar-refractivity contribution in [2.45, 2.75) is 32.9 Å². The van der Waals surface area contributed by atoms with Crippen LogP contribution in [0.2, 0.25) is 5.02 Å². The van der Waals surface area contributed by atoms with Gasteiger partial charge in [0.15, 0.2) is 0 Å². The van der Waals surface area contributed by atoms with E-state index in [-0.39, 0.29) is 6.61 Å². The van der Waals surface area contributed by atoms with Crippen molar-refractivity contribution >= 4 is 17.3 Å². The molecule has 0 aliphatic rings. The molecule has 1 rings (SSSR count). The molecule has 0 fully saturated rings. The van der Waals surface area contributed by atoms with Crippen LogP contribution in [0.4, 0.5) is 5.69 Å². The molecule has 4 heteroatoms. The quantitative estimate of drug-likeness (QED) is 0.827. The average molecular weight is 272 g/mol. The van der Waals surface area contributed by atoms with Crippen molar-refractivity contribution < 1.29 is 9.84 Å². The van der Waals surface area contributed by atoms with Gasteiger partial charge in [0.25, 0.3) is 0 Å². The number of halogens is 1. The first-order valence-electron chi connectivity index (χ1n) is 6.29. The van der Waals surface area contributed by atoms with Crippen LogP contribution in [-0.2, 0) is 11.3 Å². The van der Waals surface area contributed by atoms with Crippen LogP contribution in [0.3, 0.4) is 0 Å². The standard InChI is InChI=1S/C14H22ClNO2/c1-4-11(2)16(8-9-18-3)14-12(10-17)6-5-7-13(14)15/h5-7,11,17H,4,8-10H2,1-3H3. The number of aliphatic hydroxyl groups is 1. The van der Waals surface area contributed by atoms with Crippen molar-refractivity contribution in [3.8, 4) is 0 Å². The van der Waals surface area contributed by atoms with E-state index in [9.17, 15) is 5.11 Å². The fraction of sp³-hybridized carbons (Fsp3) is 0.571. The third kappa shape index (κ3) is 3.61. The first-order valence-corrected chi connectivity index (χ1v) is 6.67. The monoisotopic (exact) mass is 271 g/mol. The second kappa shape index (κ2) is 7.62. The fourth-order valence-electron chi connectivity index (χ4n) is 1.97. The minimum absolute atomic E-state index is 0.00416. The summed E-state index contributed by atoms with van der Waals surface area (Å²) in [5, 5.41) is 10.1. The maximum atomic E-state index is 9.46. The lowest BCUT2D eigenvalue weighted by Gasteiger charge is -2.33. The minimum Gasteiger partial charge on any atom is -0.392 e. The number of aliphatic hydroxyl groups excluding tert-OH is 1. The molecular weight excluding hydrogens is 250 g/mol. The van der Waals surface area contributed by atoms with E-state index >= 15 is 0 Å². The Morgan fingerprint density at radius 3 is 2.72 bits per heavy atom. The first kappa shape index (κ1) is 15.3. The van der Waals surface area contributed by atoms with Crippen LogP contribution in [0.5, 0.6) is 0 Å². The SMILES string of the molecule is CCC(C)N(CCOC)c1c(Cl)cccc1CO. The van der Waals surface area contributed by atoms with Crippen LogP contribution in [0.15, 0.2) is 18.2 Å². The summed E-state index contributed by atoms with van der Waals surface area (Å²) in [6.07, 6.45) is 1.01. The van der Waals surface area contributed by atoms with E-state index in [1.165, 1.54) is 0 Å². The molecule has 1 N–H and O–H groups in total. The largest absolute Gasteiger partial charge is 0.392 e. The number of para-hydroxylation sites is 1. The van der Waals surface area contributed by atoms with Gasteiger partial charge in [-0.1, -0.05) is 30.7 Å². The van der Waals surface area contributed by atoms with Gasteiger partial charge in [-0.05, 0) is 19.4 Å². The lowest BCUT2D eigenvalue weighted by atomic mass is 10.1. The zero-order valence-corrected chi connectivity index (χ0v) is 12.1. The second-order valence-corrected chi connectivity index (χ2v) is 4.76.